The Bertz CT molecular complexity index is 423. The van der Waals surface area contributed by atoms with Crippen LogP contribution in [0.4, 0.5) is 18.0 Å². The zero-order valence-corrected chi connectivity index (χ0v) is 15.3. The Labute approximate surface area is 148 Å². The second-order valence-electron chi connectivity index (χ2n) is 7.65. The van der Waals surface area contributed by atoms with Crippen LogP contribution in [0.3, 0.4) is 0 Å². The molecule has 1 N–H and O–H groups in total. The standard InChI is InChI=1S/C17H31F3N4O/c1-14(2)12-22-8-4-15(5-9-22)21-16(25)24-7-3-6-23(10-11-24)13-17(18,19)20/h14-15H,3-13H2,1-2H3,(H,21,25). The van der Waals surface area contributed by atoms with Crippen molar-refractivity contribution >= 4 is 6.03 Å². The Morgan fingerprint density at radius 1 is 1.04 bits per heavy atom. The number of piperidine rings is 1. The largest absolute Gasteiger partial charge is 0.401 e. The Morgan fingerprint density at radius 2 is 1.72 bits per heavy atom. The number of carbonyl (C=O) groups is 1. The van der Waals surface area contributed by atoms with Crippen molar-refractivity contribution in [2.24, 2.45) is 5.92 Å². The van der Waals surface area contributed by atoms with Crippen molar-refractivity contribution in [3.8, 4) is 0 Å². The number of hydrogen-bond acceptors (Lipinski definition) is 3. The fraction of sp³-hybridized carbons (Fsp3) is 0.941. The lowest BCUT2D eigenvalue weighted by Gasteiger charge is -2.34. The number of rotatable bonds is 4. The summed E-state index contributed by atoms with van der Waals surface area (Å²) in [5, 5.41) is 3.07. The van der Waals surface area contributed by atoms with E-state index in [2.05, 4.69) is 24.1 Å². The summed E-state index contributed by atoms with van der Waals surface area (Å²) in [5.74, 6) is 0.642. The highest BCUT2D eigenvalue weighted by atomic mass is 19.4. The maximum absolute atomic E-state index is 12.5. The van der Waals surface area contributed by atoms with Crippen LogP contribution in [0.15, 0.2) is 0 Å². The molecule has 0 radical (unpaired) electrons. The Balaban J connectivity index is 1.72. The van der Waals surface area contributed by atoms with Crippen molar-refractivity contribution in [2.45, 2.75) is 45.3 Å². The average Bonchev–Trinajstić information content (AvgIpc) is 2.72. The summed E-state index contributed by atoms with van der Waals surface area (Å²) < 4.78 is 37.5. The van der Waals surface area contributed by atoms with Gasteiger partial charge >= 0.3 is 12.2 Å². The number of carbonyl (C=O) groups excluding carboxylic acids is 1. The third-order valence-corrected chi connectivity index (χ3v) is 4.82. The number of nitrogens with one attached hydrogen (secondary N) is 1. The van der Waals surface area contributed by atoms with Crippen molar-refractivity contribution in [1.82, 2.24) is 20.0 Å². The monoisotopic (exact) mass is 364 g/mol. The normalized spacial score (nSPS) is 22.2. The van der Waals surface area contributed by atoms with E-state index in [1.165, 1.54) is 4.90 Å². The number of urea groups is 1. The molecule has 2 amide bonds. The first kappa shape index (κ1) is 20.3. The van der Waals surface area contributed by atoms with E-state index in [1.807, 2.05) is 0 Å². The topological polar surface area (TPSA) is 38.8 Å². The highest BCUT2D eigenvalue weighted by Crippen LogP contribution is 2.18. The maximum Gasteiger partial charge on any atom is 0.401 e. The van der Waals surface area contributed by atoms with Crippen LogP contribution in [-0.2, 0) is 0 Å². The summed E-state index contributed by atoms with van der Waals surface area (Å²) >= 11 is 0. The maximum atomic E-state index is 12.5. The number of hydrogen-bond donors (Lipinski definition) is 1. The molecule has 8 heteroatoms. The van der Waals surface area contributed by atoms with Crippen LogP contribution in [-0.4, -0.2) is 85.3 Å². The number of halogens is 3. The van der Waals surface area contributed by atoms with Crippen LogP contribution in [0.5, 0.6) is 0 Å². The van der Waals surface area contributed by atoms with Crippen molar-refractivity contribution in [1.29, 1.82) is 0 Å². The second kappa shape index (κ2) is 9.07. The Morgan fingerprint density at radius 3 is 2.32 bits per heavy atom. The fourth-order valence-electron chi connectivity index (χ4n) is 3.63. The molecule has 2 aliphatic rings. The predicted molar refractivity (Wildman–Crippen MR) is 91.5 cm³/mol. The molecule has 146 valence electrons. The lowest BCUT2D eigenvalue weighted by Crippen LogP contribution is -2.50. The highest BCUT2D eigenvalue weighted by molar-refractivity contribution is 5.74. The van der Waals surface area contributed by atoms with E-state index in [1.54, 1.807) is 4.90 Å². The minimum Gasteiger partial charge on any atom is -0.335 e. The third-order valence-electron chi connectivity index (χ3n) is 4.82. The molecule has 0 saturated carbocycles. The molecule has 0 aromatic carbocycles. The van der Waals surface area contributed by atoms with Gasteiger partial charge in [-0.15, -0.1) is 0 Å². The van der Waals surface area contributed by atoms with Crippen molar-refractivity contribution in [2.75, 3.05) is 52.4 Å². The fourth-order valence-corrected chi connectivity index (χ4v) is 3.63. The van der Waals surface area contributed by atoms with E-state index in [0.29, 0.717) is 32.0 Å². The molecule has 0 aliphatic carbocycles. The first-order valence-corrected chi connectivity index (χ1v) is 9.30. The summed E-state index contributed by atoms with van der Waals surface area (Å²) in [7, 11) is 0. The van der Waals surface area contributed by atoms with Crippen LogP contribution in [0.2, 0.25) is 0 Å². The van der Waals surface area contributed by atoms with Crippen LogP contribution in [0.25, 0.3) is 0 Å². The van der Waals surface area contributed by atoms with Crippen LogP contribution in [0.1, 0.15) is 33.1 Å². The molecule has 0 unspecified atom stereocenters. The number of alkyl halides is 3. The first-order chi connectivity index (χ1) is 11.7. The van der Waals surface area contributed by atoms with Gasteiger partial charge in [0.25, 0.3) is 0 Å². The SMILES string of the molecule is CC(C)CN1CCC(NC(=O)N2CCCN(CC(F)(F)F)CC2)CC1. The molecule has 2 heterocycles. The second-order valence-corrected chi connectivity index (χ2v) is 7.65. The van der Waals surface area contributed by atoms with Gasteiger partial charge in [0.1, 0.15) is 0 Å². The van der Waals surface area contributed by atoms with Crippen molar-refractivity contribution < 1.29 is 18.0 Å². The van der Waals surface area contributed by atoms with Gasteiger partial charge in [0.05, 0.1) is 6.54 Å². The van der Waals surface area contributed by atoms with Crippen molar-refractivity contribution in [3.05, 3.63) is 0 Å². The smallest absolute Gasteiger partial charge is 0.335 e. The minimum absolute atomic E-state index is 0.129. The summed E-state index contributed by atoms with van der Waals surface area (Å²) in [6.07, 6.45) is -1.73. The molecule has 0 spiro atoms. The molecule has 0 aromatic heterocycles. The van der Waals surface area contributed by atoms with Gasteiger partial charge in [0.15, 0.2) is 0 Å². The van der Waals surface area contributed by atoms with Gasteiger partial charge in [-0.2, -0.15) is 13.2 Å². The minimum atomic E-state index is -4.18. The molecule has 2 rings (SSSR count). The van der Waals surface area contributed by atoms with Gasteiger partial charge in [-0.05, 0) is 25.2 Å². The van der Waals surface area contributed by atoms with Crippen LogP contribution >= 0.6 is 0 Å². The zero-order chi connectivity index (χ0) is 18.4. The molecule has 0 aromatic rings. The van der Waals surface area contributed by atoms with Gasteiger partial charge in [-0.1, -0.05) is 13.8 Å². The highest BCUT2D eigenvalue weighted by Gasteiger charge is 2.32. The number of amides is 2. The van der Waals surface area contributed by atoms with E-state index >= 15 is 0 Å². The van der Waals surface area contributed by atoms with E-state index in [0.717, 1.165) is 32.5 Å². The summed E-state index contributed by atoms with van der Waals surface area (Å²) in [4.78, 5) is 17.9. The number of nitrogens with zero attached hydrogens (tertiary/aromatic N) is 3. The average molecular weight is 364 g/mol. The van der Waals surface area contributed by atoms with Gasteiger partial charge in [0, 0.05) is 51.9 Å². The predicted octanol–water partition coefficient (Wildman–Crippen LogP) is 2.39. The molecule has 2 fully saturated rings. The van der Waals surface area contributed by atoms with Gasteiger partial charge in [-0.25, -0.2) is 4.79 Å². The van der Waals surface area contributed by atoms with E-state index in [-0.39, 0.29) is 18.6 Å². The Hall–Kier alpha value is -1.02. The van der Waals surface area contributed by atoms with E-state index < -0.39 is 12.7 Å². The molecule has 25 heavy (non-hydrogen) atoms. The third kappa shape index (κ3) is 7.40. The quantitative estimate of drug-likeness (QED) is 0.833. The first-order valence-electron chi connectivity index (χ1n) is 9.30. The lowest BCUT2D eigenvalue weighted by atomic mass is 10.0. The molecule has 2 saturated heterocycles. The van der Waals surface area contributed by atoms with E-state index in [9.17, 15) is 18.0 Å². The summed E-state index contributed by atoms with van der Waals surface area (Å²) in [6, 6.07) is 0.0432. The van der Waals surface area contributed by atoms with Gasteiger partial charge in [-0.3, -0.25) is 4.90 Å². The van der Waals surface area contributed by atoms with Crippen molar-refractivity contribution in [3.63, 3.8) is 0 Å². The lowest BCUT2D eigenvalue weighted by molar-refractivity contribution is -0.145. The van der Waals surface area contributed by atoms with Gasteiger partial charge < -0.3 is 15.1 Å². The summed E-state index contributed by atoms with van der Waals surface area (Å²) in [6.45, 7) is 8.12. The molecule has 2 aliphatic heterocycles. The van der Waals surface area contributed by atoms with Gasteiger partial charge in [0.2, 0.25) is 0 Å². The molecular formula is C17H31F3N4O. The molecule has 0 bridgehead atoms. The molecular weight excluding hydrogens is 333 g/mol. The number of likely N-dealkylation sites (tertiary alicyclic amines) is 1. The van der Waals surface area contributed by atoms with Crippen LogP contribution in [0, 0.1) is 5.92 Å². The summed E-state index contributed by atoms with van der Waals surface area (Å²) in [5.41, 5.74) is 0. The molecule has 0 atom stereocenters. The van der Waals surface area contributed by atoms with Crippen LogP contribution < -0.4 is 5.32 Å². The molecule has 5 nitrogen and oxygen atoms in total. The zero-order valence-electron chi connectivity index (χ0n) is 15.3. The van der Waals surface area contributed by atoms with E-state index in [4.69, 9.17) is 0 Å². The Kier molecular flexibility index (Phi) is 7.37.